The average Bonchev–Trinajstić information content (AvgIpc) is 3.38. The van der Waals surface area contributed by atoms with Gasteiger partial charge in [0.05, 0.1) is 40.3 Å². The van der Waals surface area contributed by atoms with Gasteiger partial charge in [0.15, 0.2) is 12.4 Å². The highest BCUT2D eigenvalue weighted by Crippen LogP contribution is 2.16. The molecule has 0 spiro atoms. The molecule has 0 aromatic heterocycles. The van der Waals surface area contributed by atoms with Gasteiger partial charge in [-0.3, -0.25) is 9.59 Å². The van der Waals surface area contributed by atoms with Crippen LogP contribution >= 0.6 is 0 Å². The molecule has 0 aliphatic carbocycles. The molecule has 0 aliphatic rings. The molecular weight excluding hydrogens is 935 g/mol. The number of unbranched alkanes of at least 4 members (excludes halogenated alkanes) is 27. The summed E-state index contributed by atoms with van der Waals surface area (Å²) >= 11 is 0. The number of allylic oxidation sites excluding steroid dienone is 14. The fraction of sp³-hybridized carbons (Fsp3) is 0.742. The summed E-state index contributed by atoms with van der Waals surface area (Å²) in [4.78, 5) is 37.3. The van der Waals surface area contributed by atoms with Crippen molar-refractivity contribution in [1.82, 2.24) is 0 Å². The van der Waals surface area contributed by atoms with E-state index in [4.69, 9.17) is 18.9 Å². The van der Waals surface area contributed by atoms with E-state index in [2.05, 4.69) is 98.9 Å². The molecule has 75 heavy (non-hydrogen) atoms. The zero-order chi connectivity index (χ0) is 54.8. The van der Waals surface area contributed by atoms with Gasteiger partial charge in [-0.25, -0.2) is 0 Å². The van der Waals surface area contributed by atoms with Crippen LogP contribution in [0.15, 0.2) is 85.1 Å². The molecule has 0 amide bonds. The molecule has 0 rings (SSSR count). The van der Waals surface area contributed by atoms with Crippen molar-refractivity contribution < 1.29 is 42.9 Å². The summed E-state index contributed by atoms with van der Waals surface area (Å²) in [7, 11) is 5.92. The van der Waals surface area contributed by atoms with Crippen molar-refractivity contribution in [3.05, 3.63) is 85.1 Å². The van der Waals surface area contributed by atoms with Crippen LogP contribution in [-0.2, 0) is 33.3 Å². The van der Waals surface area contributed by atoms with Crippen molar-refractivity contribution in [2.24, 2.45) is 0 Å². The zero-order valence-electron chi connectivity index (χ0n) is 49.1. The lowest BCUT2D eigenvalue weighted by atomic mass is 10.0. The number of esters is 2. The maximum Gasteiger partial charge on any atom is 0.306 e. The van der Waals surface area contributed by atoms with Crippen LogP contribution in [0.1, 0.15) is 258 Å². The monoisotopic (exact) mass is 1050 g/mol. The van der Waals surface area contributed by atoms with E-state index in [-0.39, 0.29) is 38.6 Å². The van der Waals surface area contributed by atoms with Gasteiger partial charge in [0, 0.05) is 12.8 Å². The van der Waals surface area contributed by atoms with Crippen LogP contribution in [0.5, 0.6) is 0 Å². The predicted octanol–water partition coefficient (Wildman–Crippen LogP) is 17.0. The summed E-state index contributed by atoms with van der Waals surface area (Å²) in [6.45, 7) is 4.64. The lowest BCUT2D eigenvalue weighted by Crippen LogP contribution is -2.44. The molecule has 9 nitrogen and oxygen atoms in total. The number of hydrogen-bond acceptors (Lipinski definition) is 8. The maximum absolute atomic E-state index is 12.9. The average molecular weight is 1050 g/mol. The molecule has 0 heterocycles. The minimum absolute atomic E-state index is 0.145. The molecule has 0 radical (unpaired) electrons. The predicted molar refractivity (Wildman–Crippen MR) is 315 cm³/mol. The third-order valence-corrected chi connectivity index (χ3v) is 13.1. The third-order valence-electron chi connectivity index (χ3n) is 13.1. The highest BCUT2D eigenvalue weighted by atomic mass is 16.7. The van der Waals surface area contributed by atoms with Gasteiger partial charge in [0.25, 0.3) is 0 Å². The van der Waals surface area contributed by atoms with Crippen LogP contribution < -0.4 is 5.11 Å². The van der Waals surface area contributed by atoms with Crippen molar-refractivity contribution in [3.8, 4) is 0 Å². The molecular formula is C66H115NO8. The van der Waals surface area contributed by atoms with Crippen molar-refractivity contribution in [3.63, 3.8) is 0 Å². The standard InChI is InChI=1S/C66H115NO8/c1-6-8-10-12-14-16-18-20-22-24-25-26-27-28-29-30-31-32-33-34-35-36-37-38-39-41-43-45-47-49-51-53-55-57-64(69)75-62(61-74-66(65(70)71)72-59-58-67(3,4)5)60-73-63(68)56-54-52-50-48-46-44-42-40-23-21-19-17-15-13-11-9-7-2/h8,10,14,16,20-23,25-26,28-29,31-32,62,66H,6-7,9,11-13,15,17-19,24,27,30,33-61H2,1-5H3/b10-8-,16-14-,22-20-,23-21-,26-25-,29-28-,32-31-. The van der Waals surface area contributed by atoms with Gasteiger partial charge in [-0.15, -0.1) is 0 Å². The Labute approximate surface area is 461 Å². The van der Waals surface area contributed by atoms with Gasteiger partial charge in [0.2, 0.25) is 0 Å². The van der Waals surface area contributed by atoms with E-state index in [0.29, 0.717) is 17.4 Å². The number of likely N-dealkylation sites (N-methyl/N-ethyl adjacent to an activating group) is 1. The van der Waals surface area contributed by atoms with E-state index in [1.807, 2.05) is 21.1 Å². The van der Waals surface area contributed by atoms with E-state index in [0.717, 1.165) is 89.9 Å². The van der Waals surface area contributed by atoms with Gasteiger partial charge in [-0.05, 0) is 89.9 Å². The molecule has 9 heteroatoms. The minimum Gasteiger partial charge on any atom is -0.545 e. The molecule has 0 N–H and O–H groups in total. The number of carboxylic acid groups (broad SMARTS) is 1. The molecule has 2 unspecified atom stereocenters. The Morgan fingerprint density at radius 3 is 1.15 bits per heavy atom. The van der Waals surface area contributed by atoms with Crippen LogP contribution in [0.2, 0.25) is 0 Å². The number of hydrogen-bond donors (Lipinski definition) is 0. The van der Waals surface area contributed by atoms with Crippen LogP contribution in [0.25, 0.3) is 0 Å². The molecule has 0 aromatic rings. The van der Waals surface area contributed by atoms with Crippen LogP contribution in [0.3, 0.4) is 0 Å². The third kappa shape index (κ3) is 58.0. The molecule has 0 bridgehead atoms. The second kappa shape index (κ2) is 56.7. The number of nitrogens with zero attached hydrogens (tertiary/aromatic N) is 1. The summed E-state index contributed by atoms with van der Waals surface area (Å²) in [5.74, 6) is -2.29. The van der Waals surface area contributed by atoms with Gasteiger partial charge in [-0.2, -0.15) is 0 Å². The molecule has 0 fully saturated rings. The second-order valence-electron chi connectivity index (χ2n) is 21.6. The number of aliphatic carboxylic acids is 1. The number of carbonyl (C=O) groups is 3. The first-order valence-electron chi connectivity index (χ1n) is 30.7. The summed E-state index contributed by atoms with van der Waals surface area (Å²) in [6, 6.07) is 0. The smallest absolute Gasteiger partial charge is 0.306 e. The van der Waals surface area contributed by atoms with Crippen LogP contribution in [0.4, 0.5) is 0 Å². The van der Waals surface area contributed by atoms with Crippen molar-refractivity contribution in [2.75, 3.05) is 47.5 Å². The topological polar surface area (TPSA) is 111 Å². The Kier molecular flexibility index (Phi) is 54.0. The van der Waals surface area contributed by atoms with Crippen molar-refractivity contribution in [2.45, 2.75) is 270 Å². The first kappa shape index (κ1) is 71.5. The van der Waals surface area contributed by atoms with E-state index >= 15 is 0 Å². The maximum atomic E-state index is 12.9. The highest BCUT2D eigenvalue weighted by Gasteiger charge is 2.22. The summed E-state index contributed by atoms with van der Waals surface area (Å²) in [6.07, 6.45) is 72.1. The molecule has 0 aromatic carbocycles. The Bertz CT molecular complexity index is 1500. The van der Waals surface area contributed by atoms with Crippen molar-refractivity contribution in [1.29, 1.82) is 0 Å². The number of quaternary nitrogens is 1. The van der Waals surface area contributed by atoms with Crippen LogP contribution in [-0.4, -0.2) is 82.3 Å². The van der Waals surface area contributed by atoms with Gasteiger partial charge in [0.1, 0.15) is 13.2 Å². The fourth-order valence-electron chi connectivity index (χ4n) is 8.42. The number of carbonyl (C=O) groups excluding carboxylic acids is 3. The van der Waals surface area contributed by atoms with Gasteiger partial charge >= 0.3 is 11.9 Å². The minimum atomic E-state index is -1.62. The first-order valence-corrected chi connectivity index (χ1v) is 30.7. The van der Waals surface area contributed by atoms with Gasteiger partial charge in [-0.1, -0.05) is 240 Å². The summed E-state index contributed by atoms with van der Waals surface area (Å²) < 4.78 is 22.7. The van der Waals surface area contributed by atoms with E-state index in [9.17, 15) is 19.5 Å². The molecule has 2 atom stereocenters. The van der Waals surface area contributed by atoms with E-state index in [1.54, 1.807) is 0 Å². The summed E-state index contributed by atoms with van der Waals surface area (Å²) in [5.41, 5.74) is 0. The number of ether oxygens (including phenoxy) is 4. The SMILES string of the molecule is CC/C=C\C/C=C\C/C=C\C/C=C\C/C=C\C/C=C\CCCCCCCCCCCCCCCCC(=O)OC(COC(=O)CCCCCCCCC/C=C\CCCCCCCC)COC(OCC[N+](C)(C)C)C(=O)[O-]. The van der Waals surface area contributed by atoms with Crippen LogP contribution in [0, 0.1) is 0 Å². The Morgan fingerprint density at radius 1 is 0.413 bits per heavy atom. The quantitative estimate of drug-likeness (QED) is 0.0195. The Morgan fingerprint density at radius 2 is 0.760 bits per heavy atom. The number of rotatable bonds is 56. The van der Waals surface area contributed by atoms with Crippen molar-refractivity contribution >= 4 is 17.9 Å². The number of carboxylic acids is 1. The fourth-order valence-corrected chi connectivity index (χ4v) is 8.42. The lowest BCUT2D eigenvalue weighted by Gasteiger charge is -2.26. The van der Waals surface area contributed by atoms with E-state index < -0.39 is 24.3 Å². The molecule has 0 saturated heterocycles. The molecule has 0 saturated carbocycles. The second-order valence-corrected chi connectivity index (χ2v) is 21.6. The Hall–Kier alpha value is -3.53. The molecule has 432 valence electrons. The van der Waals surface area contributed by atoms with Gasteiger partial charge < -0.3 is 33.3 Å². The largest absolute Gasteiger partial charge is 0.545 e. The molecule has 0 aliphatic heterocycles. The summed E-state index contributed by atoms with van der Waals surface area (Å²) in [5, 5.41) is 11.8. The van der Waals surface area contributed by atoms with E-state index in [1.165, 1.54) is 135 Å². The highest BCUT2D eigenvalue weighted by molar-refractivity contribution is 5.70. The first-order chi connectivity index (χ1) is 36.6. The normalized spacial score (nSPS) is 13.3. The Balaban J connectivity index is 4.16. The lowest BCUT2D eigenvalue weighted by molar-refractivity contribution is -0.870. The zero-order valence-corrected chi connectivity index (χ0v) is 49.1.